The number of rotatable bonds is 4. The molecule has 1 aliphatic carbocycles. The number of hydrogen-bond donors (Lipinski definition) is 0. The lowest BCUT2D eigenvalue weighted by molar-refractivity contribution is 0.347. The SMILES string of the molecule is [B]c1c(C)cc(CCc2ccc(C3CCC(C)CC3)c(C)c2C)c(C)c1C. The number of hydrogen-bond acceptors (Lipinski definition) is 0. The molecule has 27 heavy (non-hydrogen) atoms. The van der Waals surface area contributed by atoms with E-state index in [0.717, 1.165) is 30.1 Å². The second kappa shape index (κ2) is 8.25. The average molecular weight is 358 g/mol. The minimum Gasteiger partial charge on any atom is -0.0907 e. The van der Waals surface area contributed by atoms with Crippen molar-refractivity contribution in [3.05, 3.63) is 62.7 Å². The lowest BCUT2D eigenvalue weighted by atomic mass is 9.77. The Kier molecular flexibility index (Phi) is 6.19. The largest absolute Gasteiger partial charge is 0.114 e. The molecule has 1 fully saturated rings. The molecule has 2 aromatic carbocycles. The first-order valence-corrected chi connectivity index (χ1v) is 10.7. The molecule has 2 radical (unpaired) electrons. The summed E-state index contributed by atoms with van der Waals surface area (Å²) in [7, 11) is 6.20. The minimum absolute atomic E-state index is 0.776. The predicted octanol–water partition coefficient (Wildman–Crippen LogP) is 6.10. The molecular formula is C26H35B. The Morgan fingerprint density at radius 1 is 0.778 bits per heavy atom. The third-order valence-electron chi connectivity index (χ3n) is 7.32. The maximum atomic E-state index is 6.20. The van der Waals surface area contributed by atoms with Crippen LogP contribution in [0, 0.1) is 40.5 Å². The molecule has 0 atom stereocenters. The van der Waals surface area contributed by atoms with Gasteiger partial charge in [-0.2, -0.15) is 0 Å². The van der Waals surface area contributed by atoms with Gasteiger partial charge in [0.2, 0.25) is 0 Å². The van der Waals surface area contributed by atoms with Gasteiger partial charge in [0.1, 0.15) is 7.85 Å². The molecule has 0 saturated heterocycles. The molecule has 0 bridgehead atoms. The number of benzene rings is 2. The molecule has 1 saturated carbocycles. The first-order chi connectivity index (χ1) is 12.8. The minimum atomic E-state index is 0.776. The molecule has 0 aliphatic heterocycles. The van der Waals surface area contributed by atoms with E-state index in [0.29, 0.717) is 0 Å². The topological polar surface area (TPSA) is 0 Å². The highest BCUT2D eigenvalue weighted by Crippen LogP contribution is 2.38. The van der Waals surface area contributed by atoms with Crippen LogP contribution in [0.15, 0.2) is 18.2 Å². The van der Waals surface area contributed by atoms with E-state index in [4.69, 9.17) is 7.85 Å². The molecular weight excluding hydrogens is 323 g/mol. The van der Waals surface area contributed by atoms with Crippen LogP contribution in [0.5, 0.6) is 0 Å². The summed E-state index contributed by atoms with van der Waals surface area (Å²) in [6.45, 7) is 13.6. The van der Waals surface area contributed by atoms with Crippen molar-refractivity contribution in [3.63, 3.8) is 0 Å². The Labute approximate surface area is 168 Å². The van der Waals surface area contributed by atoms with Gasteiger partial charge in [0.05, 0.1) is 0 Å². The van der Waals surface area contributed by atoms with Gasteiger partial charge >= 0.3 is 0 Å². The van der Waals surface area contributed by atoms with E-state index in [-0.39, 0.29) is 0 Å². The highest BCUT2D eigenvalue weighted by molar-refractivity contribution is 6.34. The first kappa shape index (κ1) is 20.2. The van der Waals surface area contributed by atoms with Gasteiger partial charge in [0, 0.05) is 0 Å². The van der Waals surface area contributed by atoms with Crippen molar-refractivity contribution >= 4 is 13.3 Å². The van der Waals surface area contributed by atoms with E-state index in [1.165, 1.54) is 64.6 Å². The van der Waals surface area contributed by atoms with Crippen molar-refractivity contribution in [2.45, 2.75) is 86.0 Å². The van der Waals surface area contributed by atoms with Gasteiger partial charge in [-0.1, -0.05) is 54.6 Å². The van der Waals surface area contributed by atoms with E-state index < -0.39 is 0 Å². The summed E-state index contributed by atoms with van der Waals surface area (Å²) in [5.41, 5.74) is 12.4. The van der Waals surface area contributed by atoms with Crippen LogP contribution in [0.4, 0.5) is 0 Å². The smallest absolute Gasteiger partial charge is 0.0907 e. The number of aryl methyl sites for hydroxylation is 3. The zero-order valence-electron chi connectivity index (χ0n) is 18.2. The zero-order valence-corrected chi connectivity index (χ0v) is 18.2. The molecule has 0 N–H and O–H groups in total. The Balaban J connectivity index is 1.78. The molecule has 0 unspecified atom stereocenters. The summed E-state index contributed by atoms with van der Waals surface area (Å²) in [6, 6.07) is 7.13. The van der Waals surface area contributed by atoms with Crippen molar-refractivity contribution in [2.75, 3.05) is 0 Å². The van der Waals surface area contributed by atoms with E-state index in [2.05, 4.69) is 59.7 Å². The van der Waals surface area contributed by atoms with Gasteiger partial charge in [-0.3, -0.25) is 0 Å². The summed E-state index contributed by atoms with van der Waals surface area (Å²) >= 11 is 0. The monoisotopic (exact) mass is 358 g/mol. The van der Waals surface area contributed by atoms with Crippen LogP contribution >= 0.6 is 0 Å². The highest BCUT2D eigenvalue weighted by atomic mass is 14.3. The Morgan fingerprint density at radius 2 is 1.37 bits per heavy atom. The molecule has 1 aliphatic rings. The molecule has 0 heterocycles. The van der Waals surface area contributed by atoms with Crippen LogP contribution in [-0.2, 0) is 12.8 Å². The van der Waals surface area contributed by atoms with Gasteiger partial charge in [0.25, 0.3) is 0 Å². The fourth-order valence-corrected chi connectivity index (χ4v) is 4.90. The van der Waals surface area contributed by atoms with Crippen molar-refractivity contribution in [1.82, 2.24) is 0 Å². The highest BCUT2D eigenvalue weighted by Gasteiger charge is 2.22. The zero-order chi connectivity index (χ0) is 19.7. The molecule has 2 aromatic rings. The molecule has 0 amide bonds. The maximum absolute atomic E-state index is 6.20. The summed E-state index contributed by atoms with van der Waals surface area (Å²) in [6.07, 6.45) is 7.71. The second-order valence-electron chi connectivity index (χ2n) is 9.04. The average Bonchev–Trinajstić information content (AvgIpc) is 2.66. The van der Waals surface area contributed by atoms with E-state index in [1.807, 2.05) is 0 Å². The normalized spacial score (nSPS) is 20.1. The summed E-state index contributed by atoms with van der Waals surface area (Å²) in [5, 5.41) is 0. The van der Waals surface area contributed by atoms with E-state index in [1.54, 1.807) is 5.56 Å². The Morgan fingerprint density at radius 3 is 2.04 bits per heavy atom. The summed E-state index contributed by atoms with van der Waals surface area (Å²) < 4.78 is 0. The van der Waals surface area contributed by atoms with Crippen LogP contribution in [-0.4, -0.2) is 7.85 Å². The third-order valence-corrected chi connectivity index (χ3v) is 7.32. The van der Waals surface area contributed by atoms with Crippen molar-refractivity contribution < 1.29 is 0 Å². The van der Waals surface area contributed by atoms with Crippen molar-refractivity contribution in [3.8, 4) is 0 Å². The fraction of sp³-hybridized carbons (Fsp3) is 0.538. The quantitative estimate of drug-likeness (QED) is 0.579. The van der Waals surface area contributed by atoms with Gasteiger partial charge in [-0.05, 0) is 106 Å². The fourth-order valence-electron chi connectivity index (χ4n) is 4.90. The molecule has 0 aromatic heterocycles. The van der Waals surface area contributed by atoms with E-state index in [9.17, 15) is 0 Å². The van der Waals surface area contributed by atoms with Crippen molar-refractivity contribution in [1.29, 1.82) is 0 Å². The van der Waals surface area contributed by atoms with Gasteiger partial charge in [-0.15, -0.1) is 0 Å². The third kappa shape index (κ3) is 4.18. The van der Waals surface area contributed by atoms with Crippen LogP contribution in [0.25, 0.3) is 0 Å². The first-order valence-electron chi connectivity index (χ1n) is 10.7. The second-order valence-corrected chi connectivity index (χ2v) is 9.04. The standard InChI is InChI=1S/C26H35B/c1-16-7-9-23(10-8-16)25-14-13-22(18(3)20(25)5)11-12-24-15-17(2)26(27)21(6)19(24)4/h13-16,23H,7-12H2,1-6H3. The summed E-state index contributed by atoms with van der Waals surface area (Å²) in [4.78, 5) is 0. The maximum Gasteiger partial charge on any atom is 0.114 e. The Bertz CT molecular complexity index is 823. The van der Waals surface area contributed by atoms with Crippen LogP contribution < -0.4 is 5.46 Å². The summed E-state index contributed by atoms with van der Waals surface area (Å²) in [5.74, 6) is 1.69. The van der Waals surface area contributed by atoms with Crippen LogP contribution in [0.2, 0.25) is 0 Å². The van der Waals surface area contributed by atoms with Crippen LogP contribution in [0.3, 0.4) is 0 Å². The molecule has 0 spiro atoms. The lowest BCUT2D eigenvalue weighted by Gasteiger charge is -2.28. The Hall–Kier alpha value is -1.50. The molecule has 3 rings (SSSR count). The molecule has 0 nitrogen and oxygen atoms in total. The molecule has 142 valence electrons. The van der Waals surface area contributed by atoms with Gasteiger partial charge in [0.15, 0.2) is 0 Å². The van der Waals surface area contributed by atoms with E-state index >= 15 is 0 Å². The molecule has 1 heteroatoms. The van der Waals surface area contributed by atoms with Crippen molar-refractivity contribution in [2.24, 2.45) is 5.92 Å². The van der Waals surface area contributed by atoms with Crippen LogP contribution in [0.1, 0.15) is 83.0 Å². The lowest BCUT2D eigenvalue weighted by Crippen LogP contribution is -2.15. The predicted molar refractivity (Wildman–Crippen MR) is 120 cm³/mol. The van der Waals surface area contributed by atoms with Gasteiger partial charge < -0.3 is 0 Å². The van der Waals surface area contributed by atoms with Gasteiger partial charge in [-0.25, -0.2) is 0 Å².